The van der Waals surface area contributed by atoms with Crippen molar-refractivity contribution >= 4 is 0 Å². The lowest BCUT2D eigenvalue weighted by molar-refractivity contribution is 0.0942. The summed E-state index contributed by atoms with van der Waals surface area (Å²) in [6, 6.07) is 6.82. The quantitative estimate of drug-likeness (QED) is 0.529. The van der Waals surface area contributed by atoms with Crippen molar-refractivity contribution in [1.29, 1.82) is 0 Å². The molecule has 1 aromatic rings. The van der Waals surface area contributed by atoms with Crippen LogP contribution in [0.25, 0.3) is 0 Å². The number of hydrogen-bond acceptors (Lipinski definition) is 4. The molecule has 1 aromatic carbocycles. The van der Waals surface area contributed by atoms with Gasteiger partial charge in [0.05, 0.1) is 12.7 Å². The molecule has 0 bridgehead atoms. The summed E-state index contributed by atoms with van der Waals surface area (Å²) < 4.78 is 0. The van der Waals surface area contributed by atoms with Gasteiger partial charge in [-0.2, -0.15) is 0 Å². The highest BCUT2D eigenvalue weighted by Gasteiger charge is 2.00. The second-order valence-corrected chi connectivity index (χ2v) is 3.13. The average molecular weight is 197 g/mol. The molecular formula is C10H15NO3. The van der Waals surface area contributed by atoms with Crippen LogP contribution in [-0.2, 0) is 6.54 Å². The van der Waals surface area contributed by atoms with Crippen LogP contribution in [0.3, 0.4) is 0 Å². The smallest absolute Gasteiger partial charge is 0.115 e. The van der Waals surface area contributed by atoms with Gasteiger partial charge in [0.1, 0.15) is 5.75 Å². The van der Waals surface area contributed by atoms with Crippen molar-refractivity contribution in [2.75, 3.05) is 13.2 Å². The minimum absolute atomic E-state index is 0.234. The van der Waals surface area contributed by atoms with Crippen molar-refractivity contribution in [2.24, 2.45) is 0 Å². The zero-order valence-corrected chi connectivity index (χ0v) is 7.85. The van der Waals surface area contributed by atoms with Crippen LogP contribution in [0.5, 0.6) is 5.75 Å². The predicted octanol–water partition coefficient (Wildman–Crippen LogP) is -0.165. The molecule has 0 aromatic heterocycles. The molecule has 4 heteroatoms. The number of benzene rings is 1. The van der Waals surface area contributed by atoms with Crippen molar-refractivity contribution in [2.45, 2.75) is 12.6 Å². The highest BCUT2D eigenvalue weighted by atomic mass is 16.3. The van der Waals surface area contributed by atoms with Gasteiger partial charge in [0, 0.05) is 13.1 Å². The standard InChI is InChI=1S/C10H15NO3/c12-7-10(14)6-11-5-8-1-3-9(13)4-2-8/h1-4,10-14H,5-7H2. The van der Waals surface area contributed by atoms with Crippen molar-refractivity contribution in [1.82, 2.24) is 5.32 Å². The molecule has 1 unspecified atom stereocenters. The molecule has 0 amide bonds. The van der Waals surface area contributed by atoms with Gasteiger partial charge in [-0.1, -0.05) is 12.1 Å². The number of aromatic hydroxyl groups is 1. The van der Waals surface area contributed by atoms with Crippen LogP contribution < -0.4 is 5.32 Å². The Hall–Kier alpha value is -1.10. The number of phenols is 1. The lowest BCUT2D eigenvalue weighted by Crippen LogP contribution is -2.28. The van der Waals surface area contributed by atoms with E-state index in [1.54, 1.807) is 24.3 Å². The number of phenolic OH excluding ortho intramolecular Hbond substituents is 1. The van der Waals surface area contributed by atoms with Crippen molar-refractivity contribution in [3.8, 4) is 5.75 Å². The molecule has 0 aliphatic rings. The third kappa shape index (κ3) is 3.74. The van der Waals surface area contributed by atoms with E-state index in [4.69, 9.17) is 15.3 Å². The van der Waals surface area contributed by atoms with Crippen LogP contribution in [0, 0.1) is 0 Å². The molecule has 0 spiro atoms. The van der Waals surface area contributed by atoms with E-state index in [0.29, 0.717) is 13.1 Å². The lowest BCUT2D eigenvalue weighted by atomic mass is 10.2. The number of aliphatic hydroxyl groups excluding tert-OH is 2. The topological polar surface area (TPSA) is 72.7 Å². The van der Waals surface area contributed by atoms with Gasteiger partial charge >= 0.3 is 0 Å². The van der Waals surface area contributed by atoms with E-state index < -0.39 is 6.10 Å². The first-order chi connectivity index (χ1) is 6.72. The highest BCUT2D eigenvalue weighted by molar-refractivity contribution is 5.25. The normalized spacial score (nSPS) is 12.7. The highest BCUT2D eigenvalue weighted by Crippen LogP contribution is 2.08. The van der Waals surface area contributed by atoms with Gasteiger partial charge in [0.2, 0.25) is 0 Å². The summed E-state index contributed by atoms with van der Waals surface area (Å²) in [5, 5.41) is 29.6. The van der Waals surface area contributed by atoms with Crippen LogP contribution in [0.2, 0.25) is 0 Å². The van der Waals surface area contributed by atoms with E-state index in [2.05, 4.69) is 5.32 Å². The van der Waals surface area contributed by atoms with Crippen LogP contribution in [0.15, 0.2) is 24.3 Å². The van der Waals surface area contributed by atoms with Crippen LogP contribution in [0.4, 0.5) is 0 Å². The van der Waals surface area contributed by atoms with Gasteiger partial charge in [0.15, 0.2) is 0 Å². The number of rotatable bonds is 5. The van der Waals surface area contributed by atoms with E-state index in [-0.39, 0.29) is 12.4 Å². The fourth-order valence-electron chi connectivity index (χ4n) is 1.06. The molecule has 1 rings (SSSR count). The van der Waals surface area contributed by atoms with Gasteiger partial charge in [-0.15, -0.1) is 0 Å². The molecule has 0 saturated carbocycles. The number of hydrogen-bond donors (Lipinski definition) is 4. The third-order valence-electron chi connectivity index (χ3n) is 1.86. The zero-order chi connectivity index (χ0) is 10.4. The Labute approximate surface area is 82.8 Å². The van der Waals surface area contributed by atoms with Crippen molar-refractivity contribution < 1.29 is 15.3 Å². The molecule has 0 saturated heterocycles. The van der Waals surface area contributed by atoms with E-state index in [9.17, 15) is 0 Å². The first kappa shape index (κ1) is 11.0. The van der Waals surface area contributed by atoms with Crippen molar-refractivity contribution in [3.63, 3.8) is 0 Å². The molecule has 0 aliphatic heterocycles. The Morgan fingerprint density at radius 1 is 1.21 bits per heavy atom. The number of aliphatic hydroxyl groups is 2. The van der Waals surface area contributed by atoms with Gasteiger partial charge in [-0.05, 0) is 17.7 Å². The first-order valence-corrected chi connectivity index (χ1v) is 4.50. The minimum atomic E-state index is -0.716. The predicted molar refractivity (Wildman–Crippen MR) is 52.9 cm³/mol. The Bertz CT molecular complexity index is 261. The Balaban J connectivity index is 2.28. The molecule has 78 valence electrons. The van der Waals surface area contributed by atoms with Crippen LogP contribution in [0.1, 0.15) is 5.56 Å². The molecule has 0 heterocycles. The van der Waals surface area contributed by atoms with E-state index >= 15 is 0 Å². The van der Waals surface area contributed by atoms with Gasteiger partial charge in [0.25, 0.3) is 0 Å². The molecule has 14 heavy (non-hydrogen) atoms. The largest absolute Gasteiger partial charge is 0.508 e. The fourth-order valence-corrected chi connectivity index (χ4v) is 1.06. The van der Waals surface area contributed by atoms with Crippen molar-refractivity contribution in [3.05, 3.63) is 29.8 Å². The lowest BCUT2D eigenvalue weighted by Gasteiger charge is -2.08. The SMILES string of the molecule is OCC(O)CNCc1ccc(O)cc1. The maximum absolute atomic E-state index is 9.03. The third-order valence-corrected chi connectivity index (χ3v) is 1.86. The molecule has 4 N–H and O–H groups in total. The average Bonchev–Trinajstić information content (AvgIpc) is 2.21. The van der Waals surface area contributed by atoms with Crippen LogP contribution >= 0.6 is 0 Å². The van der Waals surface area contributed by atoms with Gasteiger partial charge < -0.3 is 20.6 Å². The van der Waals surface area contributed by atoms with E-state index in [0.717, 1.165) is 5.56 Å². The minimum Gasteiger partial charge on any atom is -0.508 e. The summed E-state index contributed by atoms with van der Waals surface area (Å²) in [6.07, 6.45) is -0.716. The Morgan fingerprint density at radius 2 is 1.86 bits per heavy atom. The maximum Gasteiger partial charge on any atom is 0.115 e. The molecule has 0 fully saturated rings. The van der Waals surface area contributed by atoms with Crippen LogP contribution in [-0.4, -0.2) is 34.6 Å². The number of nitrogens with one attached hydrogen (secondary N) is 1. The monoisotopic (exact) mass is 197 g/mol. The Kier molecular flexibility index (Phi) is 4.39. The molecular weight excluding hydrogens is 182 g/mol. The van der Waals surface area contributed by atoms with E-state index in [1.807, 2.05) is 0 Å². The van der Waals surface area contributed by atoms with Gasteiger partial charge in [-0.25, -0.2) is 0 Å². The summed E-state index contributed by atoms with van der Waals surface area (Å²) in [7, 11) is 0. The summed E-state index contributed by atoms with van der Waals surface area (Å²) in [5.41, 5.74) is 1.02. The molecule has 4 nitrogen and oxygen atoms in total. The zero-order valence-electron chi connectivity index (χ0n) is 7.85. The molecule has 0 radical (unpaired) electrons. The fraction of sp³-hybridized carbons (Fsp3) is 0.400. The maximum atomic E-state index is 9.03. The summed E-state index contributed by atoms with van der Waals surface area (Å²) >= 11 is 0. The summed E-state index contributed by atoms with van der Waals surface area (Å²) in [5.74, 6) is 0.240. The molecule has 1 atom stereocenters. The molecule has 0 aliphatic carbocycles. The summed E-state index contributed by atoms with van der Waals surface area (Å²) in [4.78, 5) is 0. The summed E-state index contributed by atoms with van der Waals surface area (Å²) in [6.45, 7) is 0.733. The Morgan fingerprint density at radius 3 is 2.43 bits per heavy atom. The first-order valence-electron chi connectivity index (χ1n) is 4.50. The van der Waals surface area contributed by atoms with Gasteiger partial charge in [-0.3, -0.25) is 0 Å². The van der Waals surface area contributed by atoms with E-state index in [1.165, 1.54) is 0 Å². The second kappa shape index (κ2) is 5.59. The second-order valence-electron chi connectivity index (χ2n) is 3.13.